The quantitative estimate of drug-likeness (QED) is 0.0172. The second kappa shape index (κ2) is 46.8. The number of aliphatic hydroxyl groups excluding tert-OH is 7. The van der Waals surface area contributed by atoms with Crippen molar-refractivity contribution in [2.75, 3.05) is 33.0 Å². The summed E-state index contributed by atoms with van der Waals surface area (Å²) >= 11 is 0. The summed E-state index contributed by atoms with van der Waals surface area (Å²) in [5, 5.41) is 72.3. The number of esters is 1. The fraction of sp³-hybridized carbons (Fsp3) is 0.817. The van der Waals surface area contributed by atoms with Gasteiger partial charge < -0.3 is 64.2 Å². The molecule has 2 heterocycles. The lowest BCUT2D eigenvalue weighted by Gasteiger charge is -2.42. The molecule has 74 heavy (non-hydrogen) atoms. The molecule has 0 saturated carbocycles. The van der Waals surface area contributed by atoms with Gasteiger partial charge in [-0.2, -0.15) is 0 Å². The minimum atomic E-state index is -1.71. The van der Waals surface area contributed by atoms with E-state index in [-0.39, 0.29) is 25.6 Å². The van der Waals surface area contributed by atoms with Crippen LogP contribution in [0.15, 0.2) is 60.8 Å². The first kappa shape index (κ1) is 67.8. The van der Waals surface area contributed by atoms with Crippen molar-refractivity contribution < 1.29 is 69.0 Å². The molecule has 0 aromatic rings. The molecule has 2 fully saturated rings. The number of hydrogen-bond acceptors (Lipinski definition) is 14. The van der Waals surface area contributed by atoms with Crippen LogP contribution in [-0.4, -0.2) is 142 Å². The van der Waals surface area contributed by atoms with Crippen LogP contribution in [0.3, 0.4) is 0 Å². The highest BCUT2D eigenvalue weighted by atomic mass is 16.7. The van der Waals surface area contributed by atoms with Crippen molar-refractivity contribution in [2.24, 2.45) is 0 Å². The van der Waals surface area contributed by atoms with E-state index in [1.807, 2.05) is 0 Å². The van der Waals surface area contributed by atoms with Gasteiger partial charge in [0.15, 0.2) is 12.6 Å². The van der Waals surface area contributed by atoms with Gasteiger partial charge in [0.05, 0.1) is 26.4 Å². The molecule has 0 aliphatic carbocycles. The first-order valence-corrected chi connectivity index (χ1v) is 29.4. The third-order valence-electron chi connectivity index (χ3n) is 13.8. The summed E-state index contributed by atoms with van der Waals surface area (Å²) in [6, 6.07) is 0. The van der Waals surface area contributed by atoms with Crippen LogP contribution in [0.2, 0.25) is 0 Å². The Balaban J connectivity index is 1.70. The first-order valence-electron chi connectivity index (χ1n) is 29.4. The Bertz CT molecular complexity index is 1450. The van der Waals surface area contributed by atoms with E-state index in [1.54, 1.807) is 0 Å². The molecule has 430 valence electrons. The molecule has 2 rings (SSSR count). The standard InChI is InChI=1S/C60H106O14/c1-3-5-7-9-11-13-15-17-19-21-22-23-24-25-26-27-28-30-32-34-36-38-40-42-44-69-46-49(72-52(62)43-41-39-37-35-33-31-29-20-18-16-14-12-10-8-6-4-2)47-70-59-58(68)56(66)54(64)51(74-59)48-71-60-57(67)55(65)53(63)50(45-61)73-60/h5,7,11,13,17,19-20,22-23,29,49-51,53-61,63-68H,3-4,6,8-10,12,14-16,18,21,24-28,30-48H2,1-2H3/b7-5-,13-11-,19-17-,23-22-,29-20-. The second-order valence-electron chi connectivity index (χ2n) is 20.4. The van der Waals surface area contributed by atoms with Crippen molar-refractivity contribution >= 4 is 5.97 Å². The fourth-order valence-electron chi connectivity index (χ4n) is 9.04. The van der Waals surface area contributed by atoms with E-state index in [1.165, 1.54) is 96.3 Å². The normalized spacial score (nSPS) is 25.2. The molecule has 14 heteroatoms. The van der Waals surface area contributed by atoms with E-state index in [4.69, 9.17) is 28.4 Å². The molecule has 0 amide bonds. The molecular formula is C60H106O14. The van der Waals surface area contributed by atoms with Crippen LogP contribution in [0.4, 0.5) is 0 Å². The summed E-state index contributed by atoms with van der Waals surface area (Å²) in [7, 11) is 0. The number of allylic oxidation sites excluding steroid dienone is 10. The highest BCUT2D eigenvalue weighted by Crippen LogP contribution is 2.27. The van der Waals surface area contributed by atoms with E-state index >= 15 is 0 Å². The molecule has 11 atom stereocenters. The maximum absolute atomic E-state index is 13.1. The van der Waals surface area contributed by atoms with Gasteiger partial charge >= 0.3 is 5.97 Å². The van der Waals surface area contributed by atoms with Crippen LogP contribution in [0.1, 0.15) is 213 Å². The second-order valence-corrected chi connectivity index (χ2v) is 20.4. The van der Waals surface area contributed by atoms with E-state index in [2.05, 4.69) is 74.6 Å². The molecule has 2 aliphatic heterocycles. The molecule has 0 aromatic carbocycles. The summed E-state index contributed by atoms with van der Waals surface area (Å²) in [6.45, 7) is 3.57. The molecule has 14 nitrogen and oxygen atoms in total. The summed E-state index contributed by atoms with van der Waals surface area (Å²) in [5.74, 6) is -0.385. The Labute approximate surface area is 447 Å². The Hall–Kier alpha value is -2.31. The fourth-order valence-corrected chi connectivity index (χ4v) is 9.04. The number of hydrogen-bond donors (Lipinski definition) is 7. The predicted octanol–water partition coefficient (Wildman–Crippen LogP) is 10.5. The average Bonchev–Trinajstić information content (AvgIpc) is 3.40. The average molecular weight is 1050 g/mol. The number of carbonyl (C=O) groups is 1. The topological polar surface area (TPSA) is 214 Å². The van der Waals surface area contributed by atoms with Gasteiger partial charge in [0.2, 0.25) is 0 Å². The van der Waals surface area contributed by atoms with Gasteiger partial charge in [0.1, 0.15) is 54.9 Å². The number of rotatable bonds is 47. The van der Waals surface area contributed by atoms with Crippen molar-refractivity contribution in [3.63, 3.8) is 0 Å². The number of unbranched alkanes of at least 4 members (excludes halogenated alkanes) is 23. The maximum atomic E-state index is 13.1. The Morgan fingerprint density at radius 2 is 0.878 bits per heavy atom. The minimum Gasteiger partial charge on any atom is -0.457 e. The van der Waals surface area contributed by atoms with Crippen molar-refractivity contribution in [1.82, 2.24) is 0 Å². The van der Waals surface area contributed by atoms with Gasteiger partial charge in [-0.25, -0.2) is 0 Å². The van der Waals surface area contributed by atoms with E-state index in [0.717, 1.165) is 89.9 Å². The lowest BCUT2D eigenvalue weighted by atomic mass is 9.98. The maximum Gasteiger partial charge on any atom is 0.306 e. The van der Waals surface area contributed by atoms with Gasteiger partial charge in [-0.3, -0.25) is 4.79 Å². The monoisotopic (exact) mass is 1050 g/mol. The molecule has 0 bridgehead atoms. The zero-order chi connectivity index (χ0) is 53.7. The van der Waals surface area contributed by atoms with Crippen molar-refractivity contribution in [2.45, 2.75) is 280 Å². The molecule has 7 N–H and O–H groups in total. The van der Waals surface area contributed by atoms with E-state index in [9.17, 15) is 40.5 Å². The SMILES string of the molecule is CC/C=C\C/C=C\C/C=C\C/C=C\CCCCCCCCCCCCCOCC(COC1OC(COC2OC(CO)C(O)C(O)C2O)C(O)C(O)C1O)OC(=O)CCCCCCC/C=C\CCCCCCCCC. The molecule has 11 unspecified atom stereocenters. The van der Waals surface area contributed by atoms with Crippen LogP contribution < -0.4 is 0 Å². The minimum absolute atomic E-state index is 0.0549. The lowest BCUT2D eigenvalue weighted by Crippen LogP contribution is -2.61. The Morgan fingerprint density at radius 3 is 1.39 bits per heavy atom. The van der Waals surface area contributed by atoms with Crippen LogP contribution >= 0.6 is 0 Å². The van der Waals surface area contributed by atoms with Gasteiger partial charge in [-0.05, 0) is 77.0 Å². The number of ether oxygens (including phenoxy) is 6. The van der Waals surface area contributed by atoms with E-state index in [0.29, 0.717) is 13.0 Å². The van der Waals surface area contributed by atoms with Crippen LogP contribution in [-0.2, 0) is 33.2 Å². The zero-order valence-corrected chi connectivity index (χ0v) is 46.1. The van der Waals surface area contributed by atoms with Crippen molar-refractivity contribution in [3.8, 4) is 0 Å². The van der Waals surface area contributed by atoms with Crippen LogP contribution in [0.25, 0.3) is 0 Å². The number of aliphatic hydroxyl groups is 7. The van der Waals surface area contributed by atoms with Crippen molar-refractivity contribution in [1.29, 1.82) is 0 Å². The smallest absolute Gasteiger partial charge is 0.306 e. The van der Waals surface area contributed by atoms with Gasteiger partial charge in [0.25, 0.3) is 0 Å². The molecular weight excluding hydrogens is 945 g/mol. The molecule has 0 radical (unpaired) electrons. The van der Waals surface area contributed by atoms with E-state index < -0.39 is 80.7 Å². The first-order chi connectivity index (χ1) is 36.1. The van der Waals surface area contributed by atoms with Gasteiger partial charge in [-0.15, -0.1) is 0 Å². The molecule has 0 aromatic heterocycles. The van der Waals surface area contributed by atoms with Crippen LogP contribution in [0.5, 0.6) is 0 Å². The lowest BCUT2D eigenvalue weighted by molar-refractivity contribution is -0.332. The summed E-state index contributed by atoms with van der Waals surface area (Å²) < 4.78 is 34.4. The van der Waals surface area contributed by atoms with Crippen LogP contribution in [0, 0.1) is 0 Å². The highest BCUT2D eigenvalue weighted by molar-refractivity contribution is 5.69. The summed E-state index contributed by atoms with van der Waals surface area (Å²) in [4.78, 5) is 13.1. The third kappa shape index (κ3) is 33.1. The predicted molar refractivity (Wildman–Crippen MR) is 293 cm³/mol. The number of carbonyl (C=O) groups excluding carboxylic acids is 1. The summed E-state index contributed by atoms with van der Waals surface area (Å²) in [6.07, 6.45) is 41.4. The zero-order valence-electron chi connectivity index (χ0n) is 46.1. The van der Waals surface area contributed by atoms with Gasteiger partial charge in [-0.1, -0.05) is 190 Å². The molecule has 0 spiro atoms. The third-order valence-corrected chi connectivity index (χ3v) is 13.8. The molecule has 2 aliphatic rings. The largest absolute Gasteiger partial charge is 0.457 e. The van der Waals surface area contributed by atoms with Crippen molar-refractivity contribution in [3.05, 3.63) is 60.8 Å². The highest BCUT2D eigenvalue weighted by Gasteiger charge is 2.47. The Morgan fingerprint density at radius 1 is 0.459 bits per heavy atom. The Kier molecular flexibility index (Phi) is 42.8. The van der Waals surface area contributed by atoms with Gasteiger partial charge in [0, 0.05) is 13.0 Å². The summed E-state index contributed by atoms with van der Waals surface area (Å²) in [5.41, 5.74) is 0. The molecule has 2 saturated heterocycles.